The molecule has 1 unspecified atom stereocenters. The van der Waals surface area contributed by atoms with Gasteiger partial charge in [-0.25, -0.2) is 14.0 Å². The minimum absolute atomic E-state index is 0.162. The number of rotatable bonds is 9. The Morgan fingerprint density at radius 3 is 2.26 bits per heavy atom. The van der Waals surface area contributed by atoms with Gasteiger partial charge in [0.1, 0.15) is 17.1 Å². The van der Waals surface area contributed by atoms with Crippen LogP contribution >= 0.6 is 11.3 Å². The van der Waals surface area contributed by atoms with Crippen LogP contribution in [0.15, 0.2) is 53.4 Å². The Labute approximate surface area is 231 Å². The van der Waals surface area contributed by atoms with E-state index in [0.29, 0.717) is 35.6 Å². The highest BCUT2D eigenvalue weighted by Gasteiger charge is 2.20. The van der Waals surface area contributed by atoms with Gasteiger partial charge in [-0.1, -0.05) is 6.07 Å². The van der Waals surface area contributed by atoms with Gasteiger partial charge in [0.2, 0.25) is 0 Å². The Morgan fingerprint density at radius 2 is 1.67 bits per heavy atom. The number of pyridine rings is 1. The Morgan fingerprint density at radius 1 is 1.00 bits per heavy atom. The van der Waals surface area contributed by atoms with Gasteiger partial charge in [0, 0.05) is 22.6 Å². The average Bonchev–Trinajstić information content (AvgIpc) is 3.28. The molecular weight excluding hydrogens is 523 g/mol. The quantitative estimate of drug-likeness (QED) is 0.268. The Balaban J connectivity index is 1.66. The number of carbonyl (C=O) groups excluding carboxylic acids is 3. The molecule has 39 heavy (non-hydrogen) atoms. The third-order valence-corrected chi connectivity index (χ3v) is 5.98. The van der Waals surface area contributed by atoms with Gasteiger partial charge in [0.05, 0.1) is 17.4 Å². The highest BCUT2D eigenvalue weighted by atomic mass is 32.1. The van der Waals surface area contributed by atoms with E-state index in [4.69, 9.17) is 4.74 Å². The largest absolute Gasteiger partial charge is 0.444 e. The summed E-state index contributed by atoms with van der Waals surface area (Å²) in [6, 6.07) is 7.93. The smallest absolute Gasteiger partial charge is 0.412 e. The van der Waals surface area contributed by atoms with Gasteiger partial charge < -0.3 is 25.6 Å². The molecule has 0 radical (unpaired) electrons. The summed E-state index contributed by atoms with van der Waals surface area (Å²) in [7, 11) is 3.86. The van der Waals surface area contributed by atoms with Crippen LogP contribution in [-0.4, -0.2) is 54.2 Å². The van der Waals surface area contributed by atoms with E-state index in [0.717, 1.165) is 0 Å². The van der Waals surface area contributed by atoms with Crippen LogP contribution in [0.25, 0.3) is 0 Å². The zero-order valence-corrected chi connectivity index (χ0v) is 23.3. The minimum Gasteiger partial charge on any atom is -0.444 e. The zero-order valence-electron chi connectivity index (χ0n) is 22.5. The second-order valence-electron chi connectivity index (χ2n) is 10.0. The Kier molecular flexibility index (Phi) is 9.96. The van der Waals surface area contributed by atoms with Crippen LogP contribution in [-0.2, 0) is 4.74 Å². The van der Waals surface area contributed by atoms with Crippen molar-refractivity contribution in [3.05, 3.63) is 70.4 Å². The van der Waals surface area contributed by atoms with Crippen LogP contribution in [0.2, 0.25) is 0 Å². The number of ether oxygens (including phenoxy) is 1. The van der Waals surface area contributed by atoms with Gasteiger partial charge in [0.25, 0.3) is 5.91 Å². The monoisotopic (exact) mass is 556 g/mol. The van der Waals surface area contributed by atoms with E-state index in [1.54, 1.807) is 49.9 Å². The normalized spacial score (nSPS) is 12.0. The van der Waals surface area contributed by atoms with Crippen molar-refractivity contribution in [2.45, 2.75) is 38.8 Å². The van der Waals surface area contributed by atoms with Gasteiger partial charge in [-0.15, -0.1) is 11.3 Å². The first-order valence-electron chi connectivity index (χ1n) is 12.2. The minimum atomic E-state index is -0.657. The molecule has 3 aromatic rings. The maximum Gasteiger partial charge on any atom is 0.412 e. The van der Waals surface area contributed by atoms with Crippen molar-refractivity contribution in [2.75, 3.05) is 36.6 Å². The number of nitrogens with one attached hydrogen (secondary N) is 4. The number of urea groups is 1. The van der Waals surface area contributed by atoms with E-state index < -0.39 is 29.4 Å². The average molecular weight is 557 g/mol. The van der Waals surface area contributed by atoms with Gasteiger partial charge in [0.15, 0.2) is 0 Å². The number of carbonyl (C=O) groups is 3. The lowest BCUT2D eigenvalue weighted by Gasteiger charge is -2.21. The number of benzene rings is 1. The molecule has 208 valence electrons. The van der Waals surface area contributed by atoms with Crippen LogP contribution in [0.1, 0.15) is 49.3 Å². The van der Waals surface area contributed by atoms with Crippen LogP contribution in [0.3, 0.4) is 0 Å². The predicted octanol–water partition coefficient (Wildman–Crippen LogP) is 5.70. The van der Waals surface area contributed by atoms with Crippen molar-refractivity contribution in [1.29, 1.82) is 0 Å². The van der Waals surface area contributed by atoms with Crippen molar-refractivity contribution in [3.8, 4) is 0 Å². The van der Waals surface area contributed by atoms with E-state index in [2.05, 4.69) is 26.3 Å². The fourth-order valence-corrected chi connectivity index (χ4v) is 4.12. The zero-order chi connectivity index (χ0) is 28.6. The molecular formula is C27H33FN6O4S. The summed E-state index contributed by atoms with van der Waals surface area (Å²) >= 11 is 1.31. The first-order chi connectivity index (χ1) is 18.4. The molecule has 4 N–H and O–H groups in total. The van der Waals surface area contributed by atoms with E-state index >= 15 is 0 Å². The lowest BCUT2D eigenvalue weighted by molar-refractivity contribution is 0.0635. The van der Waals surface area contributed by atoms with Crippen molar-refractivity contribution in [3.63, 3.8) is 0 Å². The van der Waals surface area contributed by atoms with E-state index in [1.807, 2.05) is 19.0 Å². The molecule has 2 aromatic heterocycles. The highest BCUT2D eigenvalue weighted by Crippen LogP contribution is 2.28. The summed E-state index contributed by atoms with van der Waals surface area (Å²) in [6.07, 6.45) is 1.51. The van der Waals surface area contributed by atoms with E-state index in [1.165, 1.54) is 35.6 Å². The summed E-state index contributed by atoms with van der Waals surface area (Å²) < 4.78 is 18.4. The Hall–Kier alpha value is -4.03. The second kappa shape index (κ2) is 13.2. The molecule has 0 aliphatic heterocycles. The molecule has 0 bridgehead atoms. The number of nitrogens with zero attached hydrogens (tertiary/aromatic N) is 2. The van der Waals surface area contributed by atoms with Crippen molar-refractivity contribution in [2.24, 2.45) is 0 Å². The molecule has 0 fully saturated rings. The molecule has 0 saturated heterocycles. The number of hydrogen-bond donors (Lipinski definition) is 4. The fraction of sp³-hybridized carbons (Fsp3) is 0.333. The summed E-state index contributed by atoms with van der Waals surface area (Å²) in [4.78, 5) is 43.9. The molecule has 2 heterocycles. The second-order valence-corrected chi connectivity index (χ2v) is 10.8. The number of anilines is 3. The fourth-order valence-electron chi connectivity index (χ4n) is 3.40. The lowest BCUT2D eigenvalue weighted by atomic mass is 10.1. The molecule has 0 saturated carbocycles. The van der Waals surface area contributed by atoms with Gasteiger partial charge in [-0.05, 0) is 83.7 Å². The molecule has 10 nitrogen and oxygen atoms in total. The first-order valence-corrected chi connectivity index (χ1v) is 13.1. The number of thiophene rings is 1. The maximum absolute atomic E-state index is 13.2. The third-order valence-electron chi connectivity index (χ3n) is 5.24. The van der Waals surface area contributed by atoms with Gasteiger partial charge in [-0.3, -0.25) is 15.1 Å². The van der Waals surface area contributed by atoms with Crippen molar-refractivity contribution < 1.29 is 23.5 Å². The summed E-state index contributed by atoms with van der Waals surface area (Å²) in [5, 5.41) is 14.4. The van der Waals surface area contributed by atoms with Crippen LogP contribution < -0.4 is 21.3 Å². The van der Waals surface area contributed by atoms with Crippen LogP contribution in [0.4, 0.5) is 31.0 Å². The van der Waals surface area contributed by atoms with E-state index in [9.17, 15) is 18.8 Å². The molecule has 1 aromatic carbocycles. The number of hydrogen-bond acceptors (Lipinski definition) is 7. The summed E-state index contributed by atoms with van der Waals surface area (Å²) in [6.45, 7) is 5.97. The topological polar surface area (TPSA) is 125 Å². The van der Waals surface area contributed by atoms with Crippen LogP contribution in [0, 0.1) is 5.82 Å². The SMILES string of the molecule is CN(C)CCC(NC(=O)Nc1ccc(F)cc1)c1ccc(C(=O)Nc2cscc2NC(=O)OC(C)(C)C)nc1. The van der Waals surface area contributed by atoms with Crippen molar-refractivity contribution >= 4 is 46.4 Å². The molecule has 0 aliphatic rings. The van der Waals surface area contributed by atoms with Gasteiger partial charge >= 0.3 is 12.1 Å². The van der Waals surface area contributed by atoms with E-state index in [-0.39, 0.29) is 11.7 Å². The number of aromatic nitrogens is 1. The van der Waals surface area contributed by atoms with Gasteiger partial charge in [-0.2, -0.15) is 0 Å². The molecule has 0 spiro atoms. The molecule has 12 heteroatoms. The first kappa shape index (κ1) is 29.5. The number of amides is 4. The standard InChI is InChI=1S/C27H33FN6O4S/c1-27(2,3)38-26(37)33-23-16-39-15-22(23)31-24(35)21-11-6-17(14-29-21)20(12-13-34(4)5)32-25(36)30-19-9-7-18(28)8-10-19/h6-11,14-16,20H,12-13H2,1-5H3,(H,31,35)(H,33,37)(H2,30,32,36). The summed E-state index contributed by atoms with van der Waals surface area (Å²) in [5.74, 6) is -0.853. The number of halogens is 1. The highest BCUT2D eigenvalue weighted by molar-refractivity contribution is 7.09. The summed E-state index contributed by atoms with van der Waals surface area (Å²) in [5.41, 5.74) is 1.51. The Bertz CT molecular complexity index is 1270. The molecule has 4 amide bonds. The van der Waals surface area contributed by atoms with Crippen molar-refractivity contribution in [1.82, 2.24) is 15.2 Å². The molecule has 1 atom stereocenters. The lowest BCUT2D eigenvalue weighted by Crippen LogP contribution is -2.34. The van der Waals surface area contributed by atoms with Crippen LogP contribution in [0.5, 0.6) is 0 Å². The third kappa shape index (κ3) is 9.65. The predicted molar refractivity (Wildman–Crippen MR) is 151 cm³/mol. The maximum atomic E-state index is 13.2. The molecule has 3 rings (SSSR count). The molecule has 0 aliphatic carbocycles.